The van der Waals surface area contributed by atoms with Crippen LogP contribution in [-0.2, 0) is 17.9 Å². The van der Waals surface area contributed by atoms with Crippen LogP contribution in [0, 0.1) is 13.8 Å². The molecule has 2 aromatic carbocycles. The molecule has 0 radical (unpaired) electrons. The number of hydrogen-bond acceptors (Lipinski definition) is 4. The normalized spacial score (nSPS) is 12.6. The topological polar surface area (TPSA) is 83.7 Å². The fourth-order valence-corrected chi connectivity index (χ4v) is 3.39. The van der Waals surface area contributed by atoms with E-state index in [1.165, 1.54) is 0 Å². The maximum atomic E-state index is 10.3. The molecule has 1 atom stereocenters. The van der Waals surface area contributed by atoms with E-state index in [9.17, 15) is 5.11 Å². The first kappa shape index (κ1) is 23.5. The highest BCUT2D eigenvalue weighted by Gasteiger charge is 2.10. The van der Waals surface area contributed by atoms with Crippen molar-refractivity contribution in [1.82, 2.24) is 20.4 Å². The quantitative estimate of drug-likeness (QED) is 0.337. The number of ether oxygens (including phenoxy) is 1. The first-order valence-corrected chi connectivity index (χ1v) is 11.0. The lowest BCUT2D eigenvalue weighted by Crippen LogP contribution is -2.42. The smallest absolute Gasteiger partial charge is 0.191 e. The van der Waals surface area contributed by atoms with Crippen molar-refractivity contribution in [1.29, 1.82) is 0 Å². The summed E-state index contributed by atoms with van der Waals surface area (Å²) in [5, 5.41) is 21.3. The van der Waals surface area contributed by atoms with Gasteiger partial charge in [-0.05, 0) is 44.0 Å². The number of rotatable bonds is 10. The first-order valence-electron chi connectivity index (χ1n) is 11.0. The lowest BCUT2D eigenvalue weighted by atomic mass is 10.2. The van der Waals surface area contributed by atoms with Crippen LogP contribution in [0.15, 0.2) is 65.7 Å². The van der Waals surface area contributed by atoms with Gasteiger partial charge in [0.2, 0.25) is 0 Å². The van der Waals surface area contributed by atoms with Crippen molar-refractivity contribution in [3.8, 4) is 5.69 Å². The summed E-state index contributed by atoms with van der Waals surface area (Å²) in [6.45, 7) is 8.35. The van der Waals surface area contributed by atoms with Crippen LogP contribution in [0.4, 0.5) is 0 Å². The van der Waals surface area contributed by atoms with Crippen LogP contribution in [0.2, 0.25) is 0 Å². The number of aryl methyl sites for hydroxylation is 2. The number of benzene rings is 2. The molecule has 0 fully saturated rings. The van der Waals surface area contributed by atoms with Gasteiger partial charge in [0.1, 0.15) is 0 Å². The van der Waals surface area contributed by atoms with Crippen molar-refractivity contribution in [2.45, 2.75) is 40.0 Å². The summed E-state index contributed by atoms with van der Waals surface area (Å²) in [4.78, 5) is 4.71. The predicted molar refractivity (Wildman–Crippen MR) is 128 cm³/mol. The van der Waals surface area contributed by atoms with Gasteiger partial charge in [-0.25, -0.2) is 9.67 Å². The fourth-order valence-electron chi connectivity index (χ4n) is 3.39. The number of hydrogen-bond donors (Lipinski definition) is 3. The zero-order valence-corrected chi connectivity index (χ0v) is 19.1. The molecule has 3 rings (SSSR count). The Labute approximate surface area is 190 Å². The minimum Gasteiger partial charge on any atom is -0.389 e. The van der Waals surface area contributed by atoms with E-state index in [2.05, 4.69) is 33.9 Å². The van der Waals surface area contributed by atoms with Crippen molar-refractivity contribution in [3.05, 3.63) is 83.2 Å². The largest absolute Gasteiger partial charge is 0.389 e. The molecule has 0 spiro atoms. The Balaban J connectivity index is 1.56. The third kappa shape index (κ3) is 6.93. The number of para-hydroxylation sites is 1. The molecule has 3 N–H and O–H groups in total. The SMILES string of the molecule is CCNC(=NCc1ccccc1-n1nc(C)cc1C)NCC(O)COCc1ccccc1. The average Bonchev–Trinajstić information content (AvgIpc) is 3.14. The van der Waals surface area contributed by atoms with E-state index in [0.717, 1.165) is 34.7 Å². The molecule has 0 amide bonds. The highest BCUT2D eigenvalue weighted by atomic mass is 16.5. The van der Waals surface area contributed by atoms with E-state index in [1.807, 2.05) is 67.9 Å². The second-order valence-electron chi connectivity index (χ2n) is 7.70. The minimum atomic E-state index is -0.635. The number of nitrogens with zero attached hydrogens (tertiary/aromatic N) is 3. The fraction of sp³-hybridized carbons (Fsp3) is 0.360. The molecular weight excluding hydrogens is 402 g/mol. The third-order valence-electron chi connectivity index (χ3n) is 4.91. The van der Waals surface area contributed by atoms with Crippen molar-refractivity contribution >= 4 is 5.96 Å². The lowest BCUT2D eigenvalue weighted by Gasteiger charge is -2.16. The van der Waals surface area contributed by atoms with Gasteiger partial charge < -0.3 is 20.5 Å². The van der Waals surface area contributed by atoms with E-state index in [0.29, 0.717) is 25.7 Å². The monoisotopic (exact) mass is 435 g/mol. The van der Waals surface area contributed by atoms with Crippen molar-refractivity contribution in [3.63, 3.8) is 0 Å². The van der Waals surface area contributed by atoms with E-state index in [1.54, 1.807) is 0 Å². The van der Waals surface area contributed by atoms with Gasteiger partial charge in [0.05, 0.1) is 37.2 Å². The molecule has 7 nitrogen and oxygen atoms in total. The molecule has 1 heterocycles. The number of nitrogens with one attached hydrogen (secondary N) is 2. The summed E-state index contributed by atoms with van der Waals surface area (Å²) >= 11 is 0. The van der Waals surface area contributed by atoms with Crippen LogP contribution in [0.3, 0.4) is 0 Å². The van der Waals surface area contributed by atoms with Gasteiger partial charge in [0, 0.05) is 18.8 Å². The molecule has 0 aliphatic rings. The van der Waals surface area contributed by atoms with Gasteiger partial charge >= 0.3 is 0 Å². The van der Waals surface area contributed by atoms with Gasteiger partial charge in [-0.15, -0.1) is 0 Å². The van der Waals surface area contributed by atoms with E-state index < -0.39 is 6.10 Å². The maximum absolute atomic E-state index is 10.3. The number of aliphatic imine (C=N–C) groups is 1. The second-order valence-corrected chi connectivity index (χ2v) is 7.70. The summed E-state index contributed by atoms with van der Waals surface area (Å²) in [5.74, 6) is 0.651. The van der Waals surface area contributed by atoms with Gasteiger partial charge in [0.15, 0.2) is 5.96 Å². The minimum absolute atomic E-state index is 0.252. The Hall–Kier alpha value is -3.16. The van der Waals surface area contributed by atoms with Crippen LogP contribution < -0.4 is 10.6 Å². The lowest BCUT2D eigenvalue weighted by molar-refractivity contribution is 0.0308. The van der Waals surface area contributed by atoms with Crippen molar-refractivity contribution in [2.24, 2.45) is 4.99 Å². The zero-order chi connectivity index (χ0) is 22.8. The highest BCUT2D eigenvalue weighted by Crippen LogP contribution is 2.17. The molecule has 0 saturated heterocycles. The van der Waals surface area contributed by atoms with Gasteiger partial charge in [0.25, 0.3) is 0 Å². The Kier molecular flexibility index (Phi) is 8.83. The molecule has 0 aliphatic heterocycles. The second kappa shape index (κ2) is 12.0. The Morgan fingerprint density at radius 1 is 1.09 bits per heavy atom. The highest BCUT2D eigenvalue weighted by molar-refractivity contribution is 5.79. The molecule has 7 heteroatoms. The predicted octanol–water partition coefficient (Wildman–Crippen LogP) is 3.12. The molecule has 0 bridgehead atoms. The van der Waals surface area contributed by atoms with E-state index >= 15 is 0 Å². The van der Waals surface area contributed by atoms with Crippen molar-refractivity contribution in [2.75, 3.05) is 19.7 Å². The molecule has 0 aliphatic carbocycles. The molecule has 170 valence electrons. The number of guanidine groups is 1. The van der Waals surface area contributed by atoms with Crippen LogP contribution in [-0.4, -0.2) is 46.6 Å². The van der Waals surface area contributed by atoms with Crippen LogP contribution in [0.5, 0.6) is 0 Å². The average molecular weight is 436 g/mol. The zero-order valence-electron chi connectivity index (χ0n) is 19.1. The van der Waals surface area contributed by atoms with Crippen LogP contribution in [0.1, 0.15) is 29.4 Å². The molecule has 3 aromatic rings. The Morgan fingerprint density at radius 3 is 2.56 bits per heavy atom. The summed E-state index contributed by atoms with van der Waals surface area (Å²) < 4.78 is 7.57. The summed E-state index contributed by atoms with van der Waals surface area (Å²) in [5.41, 5.74) is 5.25. The molecule has 1 unspecified atom stereocenters. The van der Waals surface area contributed by atoms with Gasteiger partial charge in [-0.1, -0.05) is 48.5 Å². The molecule has 0 saturated carbocycles. The number of aliphatic hydroxyl groups excluding tert-OH is 1. The summed E-state index contributed by atoms with van der Waals surface area (Å²) in [7, 11) is 0. The third-order valence-corrected chi connectivity index (χ3v) is 4.91. The molecular formula is C25H33N5O2. The van der Waals surface area contributed by atoms with Crippen LogP contribution >= 0.6 is 0 Å². The van der Waals surface area contributed by atoms with Gasteiger partial charge in [-0.2, -0.15) is 5.10 Å². The Morgan fingerprint density at radius 2 is 1.84 bits per heavy atom. The summed E-state index contributed by atoms with van der Waals surface area (Å²) in [6.07, 6.45) is -0.635. The van der Waals surface area contributed by atoms with Crippen molar-refractivity contribution < 1.29 is 9.84 Å². The van der Waals surface area contributed by atoms with E-state index in [-0.39, 0.29) is 6.61 Å². The number of aromatic nitrogens is 2. The maximum Gasteiger partial charge on any atom is 0.191 e. The van der Waals surface area contributed by atoms with E-state index in [4.69, 9.17) is 9.73 Å². The summed E-state index contributed by atoms with van der Waals surface area (Å²) in [6, 6.07) is 20.1. The molecule has 1 aromatic heterocycles. The standard InChI is InChI=1S/C25H33N5O2/c1-4-26-25(28-16-23(31)18-32-17-21-10-6-5-7-11-21)27-15-22-12-8-9-13-24(22)30-20(3)14-19(2)29-30/h5-14,23,31H,4,15-18H2,1-3H3,(H2,26,27,28). The molecule has 32 heavy (non-hydrogen) atoms. The first-order chi connectivity index (χ1) is 15.6. The number of aliphatic hydroxyl groups is 1. The van der Waals surface area contributed by atoms with Crippen LogP contribution in [0.25, 0.3) is 5.69 Å². The Bertz CT molecular complexity index is 1000. The van der Waals surface area contributed by atoms with Gasteiger partial charge in [-0.3, -0.25) is 0 Å².